The molecule has 2 aromatic heterocycles. The van der Waals surface area contributed by atoms with Crippen molar-refractivity contribution in [3.63, 3.8) is 0 Å². The molecule has 0 spiro atoms. The van der Waals surface area contributed by atoms with Crippen molar-refractivity contribution < 1.29 is 4.79 Å². The molecule has 0 atom stereocenters. The van der Waals surface area contributed by atoms with E-state index in [-0.39, 0.29) is 5.91 Å². The van der Waals surface area contributed by atoms with E-state index in [1.165, 1.54) is 0 Å². The van der Waals surface area contributed by atoms with Crippen molar-refractivity contribution >= 4 is 23.6 Å². The highest BCUT2D eigenvalue weighted by atomic mass is 32.2. The number of nitrogens with zero attached hydrogens (tertiary/aromatic N) is 4. The Labute approximate surface area is 162 Å². The van der Waals surface area contributed by atoms with Gasteiger partial charge in [-0.2, -0.15) is 0 Å². The molecule has 0 radical (unpaired) electrons. The second-order valence-electron chi connectivity index (χ2n) is 6.66. The number of pyridine rings is 1. The van der Waals surface area contributed by atoms with Gasteiger partial charge in [-0.05, 0) is 37.1 Å². The molecular formula is C20H21N5OS. The number of aromatic nitrogens is 4. The number of hydrogen-bond donors (Lipinski definition) is 1. The monoisotopic (exact) mass is 379 g/mol. The molecule has 0 saturated heterocycles. The van der Waals surface area contributed by atoms with Crippen LogP contribution in [0.4, 0.5) is 5.95 Å². The highest BCUT2D eigenvalue weighted by molar-refractivity contribution is 8.01. The lowest BCUT2D eigenvalue weighted by Crippen LogP contribution is -2.37. The first kappa shape index (κ1) is 17.7. The van der Waals surface area contributed by atoms with Gasteiger partial charge in [-0.1, -0.05) is 37.1 Å². The Hall–Kier alpha value is -2.67. The first-order valence-corrected chi connectivity index (χ1v) is 9.90. The molecule has 0 unspecified atom stereocenters. The van der Waals surface area contributed by atoms with Crippen LogP contribution in [0, 0.1) is 0 Å². The summed E-state index contributed by atoms with van der Waals surface area (Å²) in [4.78, 5) is 22.7. The molecular weight excluding hydrogens is 358 g/mol. The van der Waals surface area contributed by atoms with E-state index in [0.717, 1.165) is 36.3 Å². The fraction of sp³-hybridized carbons (Fsp3) is 0.300. The number of carbonyl (C=O) groups is 1. The minimum Gasteiger partial charge on any atom is -0.292 e. The van der Waals surface area contributed by atoms with Gasteiger partial charge in [0.25, 0.3) is 0 Å². The van der Waals surface area contributed by atoms with Gasteiger partial charge in [0.15, 0.2) is 0 Å². The summed E-state index contributed by atoms with van der Waals surface area (Å²) in [5.74, 6) is 0.334. The van der Waals surface area contributed by atoms with Crippen LogP contribution in [-0.2, 0) is 11.3 Å². The average Bonchev–Trinajstić information content (AvgIpc) is 3.34. The third kappa shape index (κ3) is 4.19. The summed E-state index contributed by atoms with van der Waals surface area (Å²) >= 11 is 1.65. The highest BCUT2D eigenvalue weighted by Crippen LogP contribution is 2.45. The maximum atomic E-state index is 13.1. The SMILES string of the molecule is O=C(Nc1ncn(Cc2ccccn2)n1)C1(Sc2ccccc2)CCCC1. The van der Waals surface area contributed by atoms with Crippen LogP contribution in [0.3, 0.4) is 0 Å². The summed E-state index contributed by atoms with van der Waals surface area (Å²) in [5, 5.41) is 7.31. The molecule has 3 aromatic rings. The Morgan fingerprint density at radius 2 is 1.85 bits per heavy atom. The molecule has 1 aromatic carbocycles. The van der Waals surface area contributed by atoms with E-state index >= 15 is 0 Å². The van der Waals surface area contributed by atoms with E-state index < -0.39 is 4.75 Å². The third-order valence-electron chi connectivity index (χ3n) is 4.69. The Morgan fingerprint density at radius 3 is 2.59 bits per heavy atom. The second kappa shape index (κ2) is 7.92. The number of amides is 1. The van der Waals surface area contributed by atoms with Gasteiger partial charge in [-0.25, -0.2) is 9.67 Å². The van der Waals surface area contributed by atoms with Crippen molar-refractivity contribution in [3.05, 3.63) is 66.7 Å². The molecule has 2 heterocycles. The third-order valence-corrected chi connectivity index (χ3v) is 6.19. The van der Waals surface area contributed by atoms with Crippen molar-refractivity contribution in [2.24, 2.45) is 0 Å². The average molecular weight is 379 g/mol. The zero-order valence-electron chi connectivity index (χ0n) is 14.9. The summed E-state index contributed by atoms with van der Waals surface area (Å²) in [6.07, 6.45) is 7.24. The number of hydrogen-bond acceptors (Lipinski definition) is 5. The minimum absolute atomic E-state index is 0.00978. The number of anilines is 1. The number of nitrogens with one attached hydrogen (secondary N) is 1. The molecule has 138 valence electrons. The van der Waals surface area contributed by atoms with Gasteiger partial charge in [0.05, 0.1) is 17.0 Å². The van der Waals surface area contributed by atoms with Crippen LogP contribution in [0.15, 0.2) is 66.0 Å². The van der Waals surface area contributed by atoms with Crippen LogP contribution in [0.1, 0.15) is 31.4 Å². The smallest absolute Gasteiger partial charge is 0.248 e. The maximum absolute atomic E-state index is 13.1. The van der Waals surface area contributed by atoms with Crippen LogP contribution >= 0.6 is 11.8 Å². The van der Waals surface area contributed by atoms with Crippen molar-refractivity contribution in [3.8, 4) is 0 Å². The molecule has 0 aliphatic heterocycles. The quantitative estimate of drug-likeness (QED) is 0.706. The normalized spacial score (nSPS) is 15.6. The molecule has 1 N–H and O–H groups in total. The van der Waals surface area contributed by atoms with Gasteiger partial charge in [0, 0.05) is 11.1 Å². The first-order chi connectivity index (χ1) is 13.2. The summed E-state index contributed by atoms with van der Waals surface area (Å²) in [5.41, 5.74) is 0.896. The zero-order chi connectivity index (χ0) is 18.5. The molecule has 1 fully saturated rings. The Kier molecular flexibility index (Phi) is 5.20. The lowest BCUT2D eigenvalue weighted by molar-refractivity contribution is -0.118. The van der Waals surface area contributed by atoms with Gasteiger partial charge >= 0.3 is 0 Å². The highest BCUT2D eigenvalue weighted by Gasteiger charge is 2.42. The minimum atomic E-state index is -0.451. The molecule has 1 aliphatic rings. The molecule has 6 nitrogen and oxygen atoms in total. The standard InChI is InChI=1S/C20H21N5OS/c26-18(20(11-5-6-12-20)27-17-9-2-1-3-10-17)23-19-22-15-25(24-19)14-16-8-4-7-13-21-16/h1-4,7-10,13,15H,5-6,11-12,14H2,(H,23,24,26). The number of thioether (sulfide) groups is 1. The predicted octanol–water partition coefficient (Wildman–Crippen LogP) is 3.77. The number of benzene rings is 1. The van der Waals surface area contributed by atoms with Crippen LogP contribution in [0.2, 0.25) is 0 Å². The van der Waals surface area contributed by atoms with E-state index in [4.69, 9.17) is 0 Å². The lowest BCUT2D eigenvalue weighted by atomic mass is 10.1. The molecule has 1 aliphatic carbocycles. The Morgan fingerprint density at radius 1 is 1.07 bits per heavy atom. The van der Waals surface area contributed by atoms with Gasteiger partial charge in [-0.3, -0.25) is 15.1 Å². The van der Waals surface area contributed by atoms with Gasteiger partial charge in [-0.15, -0.1) is 16.9 Å². The summed E-state index contributed by atoms with van der Waals surface area (Å²) < 4.78 is 1.23. The second-order valence-corrected chi connectivity index (χ2v) is 8.11. The van der Waals surface area contributed by atoms with E-state index in [0.29, 0.717) is 12.5 Å². The zero-order valence-corrected chi connectivity index (χ0v) is 15.7. The van der Waals surface area contributed by atoms with Crippen LogP contribution in [0.5, 0.6) is 0 Å². The fourth-order valence-corrected chi connectivity index (χ4v) is 4.72. The molecule has 7 heteroatoms. The van der Waals surface area contributed by atoms with Crippen molar-refractivity contribution in [2.45, 2.75) is 41.9 Å². The molecule has 1 amide bonds. The number of rotatable bonds is 6. The molecule has 27 heavy (non-hydrogen) atoms. The predicted molar refractivity (Wildman–Crippen MR) is 105 cm³/mol. The van der Waals surface area contributed by atoms with Crippen molar-refractivity contribution in [1.29, 1.82) is 0 Å². The van der Waals surface area contributed by atoms with Gasteiger partial charge < -0.3 is 0 Å². The van der Waals surface area contributed by atoms with E-state index in [2.05, 4.69) is 32.5 Å². The largest absolute Gasteiger partial charge is 0.292 e. The van der Waals surface area contributed by atoms with Gasteiger partial charge in [0.2, 0.25) is 11.9 Å². The summed E-state index contributed by atoms with van der Waals surface area (Å²) in [6, 6.07) is 15.9. The van der Waals surface area contributed by atoms with Gasteiger partial charge in [0.1, 0.15) is 6.33 Å². The molecule has 0 bridgehead atoms. The van der Waals surface area contributed by atoms with Crippen molar-refractivity contribution in [1.82, 2.24) is 19.7 Å². The Balaban J connectivity index is 1.45. The van der Waals surface area contributed by atoms with E-state index in [1.807, 2.05) is 36.4 Å². The van der Waals surface area contributed by atoms with Crippen LogP contribution < -0.4 is 5.32 Å². The topological polar surface area (TPSA) is 72.7 Å². The summed E-state index contributed by atoms with van der Waals surface area (Å²) in [7, 11) is 0. The molecule has 4 rings (SSSR count). The van der Waals surface area contributed by atoms with E-state index in [9.17, 15) is 4.79 Å². The lowest BCUT2D eigenvalue weighted by Gasteiger charge is -2.26. The van der Waals surface area contributed by atoms with Crippen molar-refractivity contribution in [2.75, 3.05) is 5.32 Å². The van der Waals surface area contributed by atoms with Crippen LogP contribution in [0.25, 0.3) is 0 Å². The number of carbonyl (C=O) groups excluding carboxylic acids is 1. The fourth-order valence-electron chi connectivity index (χ4n) is 3.34. The summed E-state index contributed by atoms with van der Waals surface area (Å²) in [6.45, 7) is 0.521. The first-order valence-electron chi connectivity index (χ1n) is 9.08. The van der Waals surface area contributed by atoms with Crippen LogP contribution in [-0.4, -0.2) is 30.4 Å². The maximum Gasteiger partial charge on any atom is 0.248 e. The molecule has 1 saturated carbocycles. The Bertz CT molecular complexity index is 891. The van der Waals surface area contributed by atoms with E-state index in [1.54, 1.807) is 29.0 Å².